The van der Waals surface area contributed by atoms with Crippen molar-refractivity contribution in [1.82, 2.24) is 5.32 Å². The van der Waals surface area contributed by atoms with Gasteiger partial charge in [-0.05, 0) is 44.4 Å². The maximum atomic E-state index is 11.7. The molecule has 2 aliphatic rings. The van der Waals surface area contributed by atoms with Crippen LogP contribution in [0.15, 0.2) is 18.2 Å². The summed E-state index contributed by atoms with van der Waals surface area (Å²) in [6.45, 7) is 2.01. The summed E-state index contributed by atoms with van der Waals surface area (Å²) in [6.07, 6.45) is 4.77. The highest BCUT2D eigenvalue weighted by molar-refractivity contribution is 6.34. The van der Waals surface area contributed by atoms with Crippen LogP contribution in [0.5, 0.6) is 0 Å². The van der Waals surface area contributed by atoms with E-state index in [-0.39, 0.29) is 0 Å². The molecule has 1 amide bonds. The van der Waals surface area contributed by atoms with Gasteiger partial charge in [0.1, 0.15) is 0 Å². The zero-order valence-corrected chi connectivity index (χ0v) is 12.2. The number of rotatable bonds is 5. The lowest BCUT2D eigenvalue weighted by Crippen LogP contribution is -2.40. The number of anilines is 1. The van der Waals surface area contributed by atoms with Crippen LogP contribution in [-0.2, 0) is 0 Å². The molecule has 20 heavy (non-hydrogen) atoms. The first kappa shape index (κ1) is 13.7. The van der Waals surface area contributed by atoms with Gasteiger partial charge in [-0.1, -0.05) is 17.7 Å². The summed E-state index contributed by atoms with van der Waals surface area (Å²) in [5, 5.41) is 3.96. The molecule has 108 valence electrons. The van der Waals surface area contributed by atoms with Crippen LogP contribution in [0.2, 0.25) is 5.02 Å². The Bertz CT molecular complexity index is 510. The van der Waals surface area contributed by atoms with Gasteiger partial charge in [0.25, 0.3) is 5.91 Å². The summed E-state index contributed by atoms with van der Waals surface area (Å²) in [7, 11) is 0. The van der Waals surface area contributed by atoms with Crippen LogP contribution in [0, 0.1) is 0 Å². The van der Waals surface area contributed by atoms with Crippen molar-refractivity contribution in [3.8, 4) is 0 Å². The molecule has 3 N–H and O–H groups in total. The first-order valence-corrected chi connectivity index (χ1v) is 7.63. The SMILES string of the molecule is NC(=O)c1c(Cl)cccc1N(CC1CCCN1)C1CC1. The maximum absolute atomic E-state index is 11.7. The van der Waals surface area contributed by atoms with E-state index in [0.29, 0.717) is 22.7 Å². The molecule has 3 rings (SSSR count). The van der Waals surface area contributed by atoms with Gasteiger partial charge in [-0.25, -0.2) is 0 Å². The van der Waals surface area contributed by atoms with E-state index in [1.54, 1.807) is 6.07 Å². The van der Waals surface area contributed by atoms with Gasteiger partial charge in [0, 0.05) is 18.6 Å². The van der Waals surface area contributed by atoms with Crippen LogP contribution in [0.1, 0.15) is 36.0 Å². The lowest BCUT2D eigenvalue weighted by molar-refractivity contribution is 0.100. The Morgan fingerprint density at radius 3 is 2.80 bits per heavy atom. The van der Waals surface area contributed by atoms with Gasteiger partial charge >= 0.3 is 0 Å². The second-order valence-corrected chi connectivity index (χ2v) is 6.08. The fraction of sp³-hybridized carbons (Fsp3) is 0.533. The third-order valence-corrected chi connectivity index (χ3v) is 4.43. The third-order valence-electron chi connectivity index (χ3n) is 4.11. The number of amides is 1. The molecule has 1 aromatic carbocycles. The third kappa shape index (κ3) is 2.76. The Morgan fingerprint density at radius 1 is 1.40 bits per heavy atom. The van der Waals surface area contributed by atoms with E-state index >= 15 is 0 Å². The Morgan fingerprint density at radius 2 is 2.20 bits per heavy atom. The Kier molecular flexibility index (Phi) is 3.85. The Hall–Kier alpha value is -1.26. The molecule has 1 aliphatic carbocycles. The number of nitrogens with two attached hydrogens (primary N) is 1. The monoisotopic (exact) mass is 293 g/mol. The van der Waals surface area contributed by atoms with Crippen molar-refractivity contribution in [1.29, 1.82) is 0 Å². The van der Waals surface area contributed by atoms with Crippen molar-refractivity contribution in [2.24, 2.45) is 5.73 Å². The van der Waals surface area contributed by atoms with E-state index in [2.05, 4.69) is 10.2 Å². The minimum Gasteiger partial charge on any atom is -0.366 e. The first-order chi connectivity index (χ1) is 9.66. The molecular weight excluding hydrogens is 274 g/mol. The van der Waals surface area contributed by atoms with E-state index in [4.69, 9.17) is 17.3 Å². The number of benzene rings is 1. The van der Waals surface area contributed by atoms with Crippen LogP contribution < -0.4 is 16.0 Å². The van der Waals surface area contributed by atoms with Gasteiger partial charge in [-0.3, -0.25) is 4.79 Å². The Labute approximate surface area is 124 Å². The summed E-state index contributed by atoms with van der Waals surface area (Å²) in [5.41, 5.74) is 6.86. The molecule has 0 aromatic heterocycles. The van der Waals surface area contributed by atoms with Crippen molar-refractivity contribution in [2.45, 2.75) is 37.8 Å². The van der Waals surface area contributed by atoms with Gasteiger partial charge < -0.3 is 16.0 Å². The van der Waals surface area contributed by atoms with E-state index < -0.39 is 5.91 Å². The van der Waals surface area contributed by atoms with Crippen LogP contribution in [0.25, 0.3) is 0 Å². The molecular formula is C15H20ClN3O. The largest absolute Gasteiger partial charge is 0.366 e. The number of carbonyl (C=O) groups is 1. The molecule has 1 saturated heterocycles. The molecule has 1 unspecified atom stereocenters. The van der Waals surface area contributed by atoms with Gasteiger partial charge in [0.2, 0.25) is 0 Å². The molecule has 1 saturated carbocycles. The van der Waals surface area contributed by atoms with Gasteiger partial charge in [0.05, 0.1) is 16.3 Å². The van der Waals surface area contributed by atoms with Gasteiger partial charge in [-0.2, -0.15) is 0 Å². The summed E-state index contributed by atoms with van der Waals surface area (Å²) >= 11 is 6.17. The predicted octanol–water partition coefficient (Wildman–Crippen LogP) is 2.16. The smallest absolute Gasteiger partial charge is 0.252 e. The fourth-order valence-corrected chi connectivity index (χ4v) is 3.24. The molecule has 2 fully saturated rings. The zero-order valence-electron chi connectivity index (χ0n) is 11.4. The highest BCUT2D eigenvalue weighted by atomic mass is 35.5. The summed E-state index contributed by atoms with van der Waals surface area (Å²) in [6, 6.07) is 6.59. The molecule has 4 nitrogen and oxygen atoms in total. The lowest BCUT2D eigenvalue weighted by atomic mass is 10.1. The highest BCUT2D eigenvalue weighted by Crippen LogP contribution is 2.36. The van der Waals surface area contributed by atoms with E-state index in [1.807, 2.05) is 12.1 Å². The number of primary amides is 1. The quantitative estimate of drug-likeness (QED) is 0.875. The molecule has 1 aromatic rings. The molecule has 0 spiro atoms. The minimum absolute atomic E-state index is 0.444. The van der Waals surface area contributed by atoms with Crippen LogP contribution in [-0.4, -0.2) is 31.1 Å². The van der Waals surface area contributed by atoms with Crippen molar-refractivity contribution in [3.05, 3.63) is 28.8 Å². The molecule has 0 bridgehead atoms. The summed E-state index contributed by atoms with van der Waals surface area (Å²) < 4.78 is 0. The van der Waals surface area contributed by atoms with Crippen molar-refractivity contribution in [3.63, 3.8) is 0 Å². The van der Waals surface area contributed by atoms with Crippen LogP contribution in [0.4, 0.5) is 5.69 Å². The summed E-state index contributed by atoms with van der Waals surface area (Å²) in [5.74, 6) is -0.448. The Balaban J connectivity index is 1.90. The average Bonchev–Trinajstić information content (AvgIpc) is 3.12. The maximum Gasteiger partial charge on any atom is 0.252 e. The van der Waals surface area contributed by atoms with Crippen molar-refractivity contribution < 1.29 is 4.79 Å². The predicted molar refractivity (Wildman–Crippen MR) is 81.4 cm³/mol. The number of halogens is 1. The van der Waals surface area contributed by atoms with E-state index in [0.717, 1.165) is 18.8 Å². The van der Waals surface area contributed by atoms with Crippen LogP contribution in [0.3, 0.4) is 0 Å². The molecule has 1 aliphatic heterocycles. The molecule has 5 heteroatoms. The van der Waals surface area contributed by atoms with Crippen LogP contribution >= 0.6 is 11.6 Å². The zero-order chi connectivity index (χ0) is 14.1. The van der Waals surface area contributed by atoms with Crippen molar-refractivity contribution >= 4 is 23.2 Å². The number of hydrogen-bond acceptors (Lipinski definition) is 3. The topological polar surface area (TPSA) is 58.4 Å². The second kappa shape index (κ2) is 5.62. The van der Waals surface area contributed by atoms with Crippen molar-refractivity contribution in [2.75, 3.05) is 18.0 Å². The van der Waals surface area contributed by atoms with Gasteiger partial charge in [-0.15, -0.1) is 0 Å². The highest BCUT2D eigenvalue weighted by Gasteiger charge is 2.33. The minimum atomic E-state index is -0.448. The molecule has 1 atom stereocenters. The number of carbonyl (C=O) groups excluding carboxylic acids is 1. The fourth-order valence-electron chi connectivity index (χ4n) is 2.98. The first-order valence-electron chi connectivity index (χ1n) is 7.25. The molecule has 0 radical (unpaired) electrons. The molecule has 1 heterocycles. The summed E-state index contributed by atoms with van der Waals surface area (Å²) in [4.78, 5) is 14.0. The van der Waals surface area contributed by atoms with E-state index in [1.165, 1.54) is 25.7 Å². The lowest BCUT2D eigenvalue weighted by Gasteiger charge is -2.29. The normalized spacial score (nSPS) is 21.9. The number of nitrogens with zero attached hydrogens (tertiary/aromatic N) is 1. The number of nitrogens with one attached hydrogen (secondary N) is 1. The van der Waals surface area contributed by atoms with Gasteiger partial charge in [0.15, 0.2) is 0 Å². The number of hydrogen-bond donors (Lipinski definition) is 2. The average molecular weight is 294 g/mol. The second-order valence-electron chi connectivity index (χ2n) is 5.68. The standard InChI is InChI=1S/C15H20ClN3O/c16-12-4-1-5-13(14(12)15(17)20)19(11-6-7-11)9-10-3-2-8-18-10/h1,4-5,10-11,18H,2-3,6-9H2,(H2,17,20). The van der Waals surface area contributed by atoms with E-state index in [9.17, 15) is 4.79 Å².